The topological polar surface area (TPSA) is 152 Å². The van der Waals surface area contributed by atoms with Crippen LogP contribution in [-0.4, -0.2) is 67.7 Å². The van der Waals surface area contributed by atoms with Gasteiger partial charge in [-0.15, -0.1) is 0 Å². The molecule has 0 saturated carbocycles. The summed E-state index contributed by atoms with van der Waals surface area (Å²) in [5, 5.41) is 2.65. The molecule has 5 atom stereocenters. The predicted molar refractivity (Wildman–Crippen MR) is 115 cm³/mol. The van der Waals surface area contributed by atoms with Gasteiger partial charge in [-0.05, 0) is 24.1 Å². The number of ether oxygens (including phenoxy) is 5. The molecule has 0 spiro atoms. The van der Waals surface area contributed by atoms with Crippen molar-refractivity contribution in [2.45, 2.75) is 64.8 Å². The summed E-state index contributed by atoms with van der Waals surface area (Å²) in [6.45, 7) is 4.76. The molecular weight excluding hydrogens is 436 g/mol. The lowest BCUT2D eigenvalue weighted by molar-refractivity contribution is -0.277. The Labute approximate surface area is 191 Å². The third-order valence-corrected chi connectivity index (χ3v) is 4.72. The largest absolute Gasteiger partial charge is 0.463 e. The van der Waals surface area contributed by atoms with Crippen molar-refractivity contribution in [2.24, 2.45) is 0 Å². The predicted octanol–water partition coefficient (Wildman–Crippen LogP) is 0.484. The number of anilines is 1. The van der Waals surface area contributed by atoms with Gasteiger partial charge in [0, 0.05) is 33.4 Å². The Balaban J connectivity index is 2.27. The second-order valence-corrected chi connectivity index (χ2v) is 7.58. The minimum absolute atomic E-state index is 0.190. The smallest absolute Gasteiger partial charge is 0.303 e. The van der Waals surface area contributed by atoms with E-state index in [9.17, 15) is 19.2 Å². The van der Waals surface area contributed by atoms with Crippen LogP contribution in [0, 0.1) is 0 Å². The molecule has 0 radical (unpaired) electrons. The molecule has 1 aliphatic rings. The van der Waals surface area contributed by atoms with Gasteiger partial charge in [-0.25, -0.2) is 0 Å². The van der Waals surface area contributed by atoms with Gasteiger partial charge >= 0.3 is 17.9 Å². The Bertz CT molecular complexity index is 843. The van der Waals surface area contributed by atoms with Crippen LogP contribution < -0.4 is 11.1 Å². The number of nitrogens with two attached hydrogens (primary N) is 1. The quantitative estimate of drug-likeness (QED) is 0.299. The highest BCUT2D eigenvalue weighted by Gasteiger charge is 2.51. The summed E-state index contributed by atoms with van der Waals surface area (Å²) in [4.78, 5) is 46.8. The molecule has 0 unspecified atom stereocenters. The van der Waals surface area contributed by atoms with Crippen molar-refractivity contribution in [1.82, 2.24) is 5.32 Å². The zero-order valence-electron chi connectivity index (χ0n) is 19.1. The van der Waals surface area contributed by atoms with Crippen LogP contribution in [0.25, 0.3) is 0 Å². The molecule has 1 saturated heterocycles. The highest BCUT2D eigenvalue weighted by molar-refractivity contribution is 5.73. The van der Waals surface area contributed by atoms with Crippen molar-refractivity contribution < 1.29 is 42.9 Å². The summed E-state index contributed by atoms with van der Waals surface area (Å²) in [5.74, 6) is -2.35. The zero-order chi connectivity index (χ0) is 24.5. The molecular formula is C22H30N2O9. The Hall–Kier alpha value is -3.18. The van der Waals surface area contributed by atoms with E-state index in [0.29, 0.717) is 12.1 Å². The number of nitrogen functional groups attached to an aromatic ring is 1. The van der Waals surface area contributed by atoms with E-state index < -0.39 is 54.5 Å². The molecule has 1 aromatic carbocycles. The van der Waals surface area contributed by atoms with Gasteiger partial charge in [-0.1, -0.05) is 12.1 Å². The van der Waals surface area contributed by atoms with Crippen LogP contribution in [0.2, 0.25) is 0 Å². The molecule has 11 nitrogen and oxygen atoms in total. The first kappa shape index (κ1) is 26.1. The number of esters is 3. The van der Waals surface area contributed by atoms with Gasteiger partial charge in [-0.3, -0.25) is 19.2 Å². The van der Waals surface area contributed by atoms with Gasteiger partial charge in [-0.2, -0.15) is 0 Å². The third-order valence-electron chi connectivity index (χ3n) is 4.72. The molecule has 1 amide bonds. The fraction of sp³-hybridized carbons (Fsp3) is 0.545. The molecule has 0 bridgehead atoms. The fourth-order valence-electron chi connectivity index (χ4n) is 3.41. The SMILES string of the molecule is CC(=O)N[C@H]1[C@H](OCCc2ccc(N)cc2)O[C@H](COC(C)=O)[C@H](OC(C)=O)[C@@H]1OC(C)=O. The molecule has 1 fully saturated rings. The maximum Gasteiger partial charge on any atom is 0.303 e. The molecule has 1 aromatic rings. The van der Waals surface area contributed by atoms with Crippen molar-refractivity contribution >= 4 is 29.5 Å². The van der Waals surface area contributed by atoms with E-state index in [4.69, 9.17) is 29.4 Å². The van der Waals surface area contributed by atoms with Crippen LogP contribution in [0.5, 0.6) is 0 Å². The Morgan fingerprint density at radius 2 is 1.55 bits per heavy atom. The van der Waals surface area contributed by atoms with E-state index in [-0.39, 0.29) is 13.2 Å². The van der Waals surface area contributed by atoms with Crippen molar-refractivity contribution in [3.63, 3.8) is 0 Å². The van der Waals surface area contributed by atoms with Crippen LogP contribution in [-0.2, 0) is 49.3 Å². The van der Waals surface area contributed by atoms with Gasteiger partial charge < -0.3 is 34.7 Å². The van der Waals surface area contributed by atoms with Gasteiger partial charge in [0.25, 0.3) is 0 Å². The molecule has 2 rings (SSSR count). The van der Waals surface area contributed by atoms with E-state index >= 15 is 0 Å². The van der Waals surface area contributed by atoms with Gasteiger partial charge in [0.1, 0.15) is 18.8 Å². The molecule has 0 aliphatic carbocycles. The highest BCUT2D eigenvalue weighted by Crippen LogP contribution is 2.28. The standard InChI is InChI=1S/C22H30N2O9/c1-12(25)24-19-21(32-15(4)28)20(31-14(3)27)18(11-30-13(2)26)33-22(19)29-10-9-16-5-7-17(23)8-6-16/h5-8,18-22H,9-11,23H2,1-4H3,(H,24,25)/t18-,19-,20+,21-,22-/m1/s1. The van der Waals surface area contributed by atoms with Gasteiger partial charge in [0.15, 0.2) is 18.5 Å². The number of rotatable bonds is 9. The summed E-state index contributed by atoms with van der Waals surface area (Å²) >= 11 is 0. The molecule has 0 aromatic heterocycles. The van der Waals surface area contributed by atoms with Crippen LogP contribution in [0.3, 0.4) is 0 Å². The molecule has 33 heavy (non-hydrogen) atoms. The van der Waals surface area contributed by atoms with Crippen molar-refractivity contribution in [3.05, 3.63) is 29.8 Å². The highest BCUT2D eigenvalue weighted by atomic mass is 16.7. The van der Waals surface area contributed by atoms with Crippen LogP contribution in [0.1, 0.15) is 33.3 Å². The third kappa shape index (κ3) is 8.35. The van der Waals surface area contributed by atoms with E-state index in [1.54, 1.807) is 12.1 Å². The summed E-state index contributed by atoms with van der Waals surface area (Å²) in [7, 11) is 0. The second-order valence-electron chi connectivity index (χ2n) is 7.58. The Morgan fingerprint density at radius 1 is 0.939 bits per heavy atom. The lowest BCUT2D eigenvalue weighted by atomic mass is 9.96. The molecule has 11 heteroatoms. The first-order valence-corrected chi connectivity index (χ1v) is 10.4. The van der Waals surface area contributed by atoms with Gasteiger partial charge in [0.05, 0.1) is 6.61 Å². The molecule has 1 heterocycles. The van der Waals surface area contributed by atoms with Crippen LogP contribution in [0.15, 0.2) is 24.3 Å². The minimum atomic E-state index is -1.15. The lowest BCUT2D eigenvalue weighted by Crippen LogP contribution is -2.66. The van der Waals surface area contributed by atoms with Crippen LogP contribution in [0.4, 0.5) is 5.69 Å². The first-order chi connectivity index (χ1) is 15.6. The number of benzene rings is 1. The average Bonchev–Trinajstić information content (AvgIpc) is 2.71. The Kier molecular flexibility index (Phi) is 9.61. The van der Waals surface area contributed by atoms with E-state index in [1.807, 2.05) is 12.1 Å². The maximum absolute atomic E-state index is 11.9. The number of hydrogen-bond donors (Lipinski definition) is 2. The van der Waals surface area contributed by atoms with Crippen molar-refractivity contribution in [3.8, 4) is 0 Å². The summed E-state index contributed by atoms with van der Waals surface area (Å²) in [5.41, 5.74) is 7.29. The number of nitrogens with one attached hydrogen (secondary N) is 1. The van der Waals surface area contributed by atoms with Crippen molar-refractivity contribution in [1.29, 1.82) is 0 Å². The van der Waals surface area contributed by atoms with E-state index in [2.05, 4.69) is 5.32 Å². The summed E-state index contributed by atoms with van der Waals surface area (Å²) < 4.78 is 27.6. The maximum atomic E-state index is 11.9. The summed E-state index contributed by atoms with van der Waals surface area (Å²) in [6.07, 6.45) is -3.88. The fourth-order valence-corrected chi connectivity index (χ4v) is 3.41. The number of carbonyl (C=O) groups excluding carboxylic acids is 4. The zero-order valence-corrected chi connectivity index (χ0v) is 19.1. The molecule has 1 aliphatic heterocycles. The van der Waals surface area contributed by atoms with E-state index in [0.717, 1.165) is 5.56 Å². The summed E-state index contributed by atoms with van der Waals surface area (Å²) in [6, 6.07) is 6.25. The molecule has 182 valence electrons. The monoisotopic (exact) mass is 466 g/mol. The first-order valence-electron chi connectivity index (χ1n) is 10.4. The average molecular weight is 466 g/mol. The number of amides is 1. The van der Waals surface area contributed by atoms with Crippen molar-refractivity contribution in [2.75, 3.05) is 18.9 Å². The Morgan fingerprint density at radius 3 is 2.09 bits per heavy atom. The van der Waals surface area contributed by atoms with Gasteiger partial charge in [0.2, 0.25) is 5.91 Å². The van der Waals surface area contributed by atoms with Crippen LogP contribution >= 0.6 is 0 Å². The lowest BCUT2D eigenvalue weighted by Gasteiger charge is -2.44. The number of hydrogen-bond acceptors (Lipinski definition) is 10. The normalized spacial score (nSPS) is 24.4. The minimum Gasteiger partial charge on any atom is -0.463 e. The second kappa shape index (κ2) is 12.2. The van der Waals surface area contributed by atoms with E-state index in [1.165, 1.54) is 27.7 Å². The number of carbonyl (C=O) groups is 4. The molecule has 3 N–H and O–H groups in total.